The standard InChI is InChI=1S/C34H51N3O2/c1-28(2)36-20-15-31(16-21-36)37-22-18-34(19-23-37)17-7-6-9-30-8-4-5-10-33(30)39-25-24-35(27-34)26-29-11-13-32(38-3)14-12-29/h4-5,8,10-14,28,31H,6-7,9,15-27H2,1-3H3. The molecule has 5 rings (SSSR count). The molecule has 0 aliphatic carbocycles. The lowest BCUT2D eigenvalue weighted by Crippen LogP contribution is -2.52. The van der Waals surface area contributed by atoms with Gasteiger partial charge in [0.05, 0.1) is 7.11 Å². The van der Waals surface area contributed by atoms with Crippen LogP contribution in [0.25, 0.3) is 0 Å². The predicted molar refractivity (Wildman–Crippen MR) is 161 cm³/mol. The first-order chi connectivity index (χ1) is 19.0. The van der Waals surface area contributed by atoms with Crippen molar-refractivity contribution in [2.75, 3.05) is 53.0 Å². The Hall–Kier alpha value is -2.08. The Morgan fingerprint density at radius 1 is 0.897 bits per heavy atom. The molecular formula is C34H51N3O2. The van der Waals surface area contributed by atoms with Crippen molar-refractivity contribution < 1.29 is 9.47 Å². The van der Waals surface area contributed by atoms with Crippen LogP contribution in [0.3, 0.4) is 0 Å². The van der Waals surface area contributed by atoms with Gasteiger partial charge in [-0.2, -0.15) is 0 Å². The van der Waals surface area contributed by atoms with E-state index in [2.05, 4.69) is 77.1 Å². The number of benzene rings is 2. The molecule has 3 aliphatic heterocycles. The van der Waals surface area contributed by atoms with Gasteiger partial charge in [0.1, 0.15) is 18.1 Å². The molecule has 3 heterocycles. The van der Waals surface area contributed by atoms with Gasteiger partial charge in [-0.3, -0.25) is 4.90 Å². The van der Waals surface area contributed by atoms with Crippen LogP contribution in [-0.2, 0) is 13.0 Å². The first kappa shape index (κ1) is 28.4. The van der Waals surface area contributed by atoms with E-state index in [-0.39, 0.29) is 0 Å². The van der Waals surface area contributed by atoms with Gasteiger partial charge < -0.3 is 19.3 Å². The highest BCUT2D eigenvalue weighted by atomic mass is 16.5. The van der Waals surface area contributed by atoms with Gasteiger partial charge in [0.25, 0.3) is 0 Å². The molecule has 3 aliphatic rings. The van der Waals surface area contributed by atoms with Crippen molar-refractivity contribution in [3.63, 3.8) is 0 Å². The number of hydrogen-bond acceptors (Lipinski definition) is 5. The zero-order chi connectivity index (χ0) is 27.1. The summed E-state index contributed by atoms with van der Waals surface area (Å²) in [6.07, 6.45) is 10.4. The molecule has 39 heavy (non-hydrogen) atoms. The number of nitrogens with zero attached hydrogens (tertiary/aromatic N) is 3. The maximum Gasteiger partial charge on any atom is 0.122 e. The summed E-state index contributed by atoms with van der Waals surface area (Å²) in [5, 5.41) is 0. The highest BCUT2D eigenvalue weighted by molar-refractivity contribution is 5.33. The fourth-order valence-electron chi connectivity index (χ4n) is 7.25. The Labute approximate surface area is 237 Å². The van der Waals surface area contributed by atoms with E-state index in [9.17, 15) is 0 Å². The van der Waals surface area contributed by atoms with E-state index in [4.69, 9.17) is 9.47 Å². The smallest absolute Gasteiger partial charge is 0.122 e. The summed E-state index contributed by atoms with van der Waals surface area (Å²) >= 11 is 0. The van der Waals surface area contributed by atoms with Crippen LogP contribution in [0.4, 0.5) is 0 Å². The Morgan fingerprint density at radius 2 is 1.64 bits per heavy atom. The normalized spacial score (nSPS) is 22.6. The van der Waals surface area contributed by atoms with E-state index in [1.165, 1.54) is 88.8 Å². The number of para-hydroxylation sites is 1. The molecular weight excluding hydrogens is 482 g/mol. The van der Waals surface area contributed by atoms with Crippen LogP contribution in [0.1, 0.15) is 69.9 Å². The number of rotatable bonds is 5. The van der Waals surface area contributed by atoms with E-state index >= 15 is 0 Å². The van der Waals surface area contributed by atoms with E-state index in [1.807, 2.05) is 0 Å². The maximum absolute atomic E-state index is 6.39. The first-order valence-electron chi connectivity index (χ1n) is 15.6. The second kappa shape index (κ2) is 13.5. The zero-order valence-corrected chi connectivity index (χ0v) is 24.7. The topological polar surface area (TPSA) is 28.2 Å². The monoisotopic (exact) mass is 533 g/mol. The second-order valence-electron chi connectivity index (χ2n) is 12.6. The summed E-state index contributed by atoms with van der Waals surface area (Å²) < 4.78 is 11.8. The van der Waals surface area contributed by atoms with E-state index in [0.717, 1.165) is 43.7 Å². The molecule has 1 spiro atoms. The number of methoxy groups -OCH3 is 1. The molecule has 0 saturated carbocycles. The molecule has 0 radical (unpaired) electrons. The number of likely N-dealkylation sites (tertiary alicyclic amines) is 2. The number of hydrogen-bond donors (Lipinski definition) is 0. The van der Waals surface area contributed by atoms with Crippen molar-refractivity contribution in [3.8, 4) is 11.5 Å². The largest absolute Gasteiger partial charge is 0.497 e. The average molecular weight is 534 g/mol. The number of aryl methyl sites for hydroxylation is 1. The fourth-order valence-corrected chi connectivity index (χ4v) is 7.25. The van der Waals surface area contributed by atoms with Crippen molar-refractivity contribution in [2.24, 2.45) is 5.41 Å². The quantitative estimate of drug-likeness (QED) is 0.453. The second-order valence-corrected chi connectivity index (χ2v) is 12.6. The third-order valence-electron chi connectivity index (χ3n) is 9.77. The highest BCUT2D eigenvalue weighted by Crippen LogP contribution is 2.40. The Morgan fingerprint density at radius 3 is 2.36 bits per heavy atom. The minimum atomic E-state index is 0.403. The lowest BCUT2D eigenvalue weighted by atomic mass is 9.73. The molecule has 2 aromatic carbocycles. The zero-order valence-electron chi connectivity index (χ0n) is 24.7. The van der Waals surface area contributed by atoms with Crippen molar-refractivity contribution >= 4 is 0 Å². The number of piperidine rings is 2. The Balaban J connectivity index is 1.28. The first-order valence-corrected chi connectivity index (χ1v) is 15.6. The Bertz CT molecular complexity index is 1010. The van der Waals surface area contributed by atoms with Gasteiger partial charge in [-0.1, -0.05) is 36.8 Å². The van der Waals surface area contributed by atoms with Gasteiger partial charge in [-0.05, 0) is 120 Å². The van der Waals surface area contributed by atoms with E-state index in [1.54, 1.807) is 7.11 Å². The maximum atomic E-state index is 6.39. The molecule has 0 N–H and O–H groups in total. The number of fused-ring (bicyclic) bond motifs is 1. The van der Waals surface area contributed by atoms with Crippen LogP contribution in [0, 0.1) is 5.41 Å². The Kier molecular flexibility index (Phi) is 9.86. The molecule has 2 aromatic rings. The van der Waals surface area contributed by atoms with E-state index in [0.29, 0.717) is 11.5 Å². The molecule has 5 heteroatoms. The fraction of sp³-hybridized carbons (Fsp3) is 0.647. The summed E-state index contributed by atoms with van der Waals surface area (Å²) in [6, 6.07) is 18.8. The van der Waals surface area contributed by atoms with Gasteiger partial charge in [0.15, 0.2) is 0 Å². The lowest BCUT2D eigenvalue weighted by Gasteiger charge is -2.48. The molecule has 0 unspecified atom stereocenters. The van der Waals surface area contributed by atoms with Gasteiger partial charge in [0.2, 0.25) is 0 Å². The molecule has 0 aromatic heterocycles. The molecule has 214 valence electrons. The van der Waals surface area contributed by atoms with Gasteiger partial charge in [-0.25, -0.2) is 0 Å². The minimum Gasteiger partial charge on any atom is -0.497 e. The predicted octanol–water partition coefficient (Wildman–Crippen LogP) is 6.26. The summed E-state index contributed by atoms with van der Waals surface area (Å²) in [6.45, 7) is 13.6. The van der Waals surface area contributed by atoms with Crippen LogP contribution < -0.4 is 9.47 Å². The molecule has 5 nitrogen and oxygen atoms in total. The van der Waals surface area contributed by atoms with Gasteiger partial charge in [0, 0.05) is 31.7 Å². The van der Waals surface area contributed by atoms with Crippen molar-refractivity contribution in [1.29, 1.82) is 0 Å². The van der Waals surface area contributed by atoms with E-state index < -0.39 is 0 Å². The molecule has 2 fully saturated rings. The van der Waals surface area contributed by atoms with Crippen LogP contribution in [0.2, 0.25) is 0 Å². The number of ether oxygens (including phenoxy) is 2. The molecule has 0 bridgehead atoms. The molecule has 2 saturated heterocycles. The van der Waals surface area contributed by atoms with Crippen LogP contribution >= 0.6 is 0 Å². The highest BCUT2D eigenvalue weighted by Gasteiger charge is 2.38. The van der Waals surface area contributed by atoms with Gasteiger partial charge in [-0.15, -0.1) is 0 Å². The summed E-state index contributed by atoms with van der Waals surface area (Å²) in [7, 11) is 1.74. The molecule has 0 amide bonds. The third kappa shape index (κ3) is 7.56. The lowest BCUT2D eigenvalue weighted by molar-refractivity contribution is 0.0107. The van der Waals surface area contributed by atoms with Crippen LogP contribution in [0.5, 0.6) is 11.5 Å². The third-order valence-corrected chi connectivity index (χ3v) is 9.77. The van der Waals surface area contributed by atoms with Crippen LogP contribution in [-0.4, -0.2) is 79.8 Å². The van der Waals surface area contributed by atoms with Crippen molar-refractivity contribution in [1.82, 2.24) is 14.7 Å². The van der Waals surface area contributed by atoms with Crippen molar-refractivity contribution in [3.05, 3.63) is 59.7 Å². The SMILES string of the molecule is COc1ccc(CN2CCOc3ccccc3CCCCC3(CCN(C4CCN(C(C)C)CC4)CC3)C2)cc1. The minimum absolute atomic E-state index is 0.403. The molecule has 0 atom stereocenters. The summed E-state index contributed by atoms with van der Waals surface area (Å²) in [5.41, 5.74) is 3.13. The van der Waals surface area contributed by atoms with Gasteiger partial charge >= 0.3 is 0 Å². The average Bonchev–Trinajstić information content (AvgIpc) is 2.96. The summed E-state index contributed by atoms with van der Waals surface area (Å²) in [4.78, 5) is 8.20. The van der Waals surface area contributed by atoms with Crippen LogP contribution in [0.15, 0.2) is 48.5 Å². The van der Waals surface area contributed by atoms with Crippen molar-refractivity contribution in [2.45, 2.75) is 83.8 Å². The summed E-state index contributed by atoms with van der Waals surface area (Å²) in [5.74, 6) is 2.00.